The van der Waals surface area contributed by atoms with Gasteiger partial charge in [-0.2, -0.15) is 4.31 Å². The van der Waals surface area contributed by atoms with Gasteiger partial charge in [-0.25, -0.2) is 8.42 Å². The van der Waals surface area contributed by atoms with Crippen molar-refractivity contribution >= 4 is 10.0 Å². The number of likely N-dealkylation sites (N-methyl/N-ethyl adjacent to an activating group) is 1. The molecule has 0 aliphatic carbocycles. The van der Waals surface area contributed by atoms with Crippen molar-refractivity contribution in [3.8, 4) is 0 Å². The number of sulfonamides is 1. The summed E-state index contributed by atoms with van der Waals surface area (Å²) in [6.45, 7) is 2.10. The first-order chi connectivity index (χ1) is 6.04. The Morgan fingerprint density at radius 1 is 1.62 bits per heavy atom. The van der Waals surface area contributed by atoms with E-state index in [-0.39, 0.29) is 6.10 Å². The van der Waals surface area contributed by atoms with Crippen molar-refractivity contribution in [3.05, 3.63) is 0 Å². The van der Waals surface area contributed by atoms with E-state index in [9.17, 15) is 8.42 Å². The molecule has 1 atom stereocenters. The number of morpholine rings is 1. The van der Waals surface area contributed by atoms with Gasteiger partial charge in [-0.05, 0) is 7.05 Å². The minimum atomic E-state index is -3.05. The Labute approximate surface area is 79.1 Å². The van der Waals surface area contributed by atoms with Gasteiger partial charge < -0.3 is 10.1 Å². The molecule has 0 bridgehead atoms. The van der Waals surface area contributed by atoms with E-state index in [0.29, 0.717) is 26.2 Å². The molecule has 0 amide bonds. The first-order valence-corrected chi connectivity index (χ1v) is 6.10. The highest BCUT2D eigenvalue weighted by Crippen LogP contribution is 2.07. The predicted molar refractivity (Wildman–Crippen MR) is 50.1 cm³/mol. The minimum absolute atomic E-state index is 0.0199. The van der Waals surface area contributed by atoms with Gasteiger partial charge in [0.05, 0.1) is 19.0 Å². The van der Waals surface area contributed by atoms with Gasteiger partial charge in [0.1, 0.15) is 0 Å². The second-order valence-electron chi connectivity index (χ2n) is 3.17. The molecule has 1 aliphatic heterocycles. The molecule has 13 heavy (non-hydrogen) atoms. The largest absolute Gasteiger partial charge is 0.374 e. The highest BCUT2D eigenvalue weighted by molar-refractivity contribution is 7.88. The summed E-state index contributed by atoms with van der Waals surface area (Å²) >= 11 is 0. The Morgan fingerprint density at radius 2 is 2.31 bits per heavy atom. The Balaban J connectivity index is 2.52. The lowest BCUT2D eigenvalue weighted by Crippen LogP contribution is -2.48. The van der Waals surface area contributed by atoms with Gasteiger partial charge in [-0.1, -0.05) is 0 Å². The summed E-state index contributed by atoms with van der Waals surface area (Å²) in [6.07, 6.45) is 1.21. The molecular weight excluding hydrogens is 192 g/mol. The predicted octanol–water partition coefficient (Wildman–Crippen LogP) is -1.13. The first kappa shape index (κ1) is 10.9. The average Bonchev–Trinajstić information content (AvgIpc) is 2.04. The van der Waals surface area contributed by atoms with Crippen LogP contribution in [-0.4, -0.2) is 58.4 Å². The lowest BCUT2D eigenvalue weighted by molar-refractivity contribution is 0.00103. The highest BCUT2D eigenvalue weighted by Gasteiger charge is 2.25. The summed E-state index contributed by atoms with van der Waals surface area (Å²) in [5, 5.41) is 2.96. The molecule has 0 radical (unpaired) electrons. The average molecular weight is 208 g/mol. The lowest BCUT2D eigenvalue weighted by atomic mass is 10.3. The van der Waals surface area contributed by atoms with Crippen molar-refractivity contribution in [2.45, 2.75) is 6.10 Å². The Bertz CT molecular complexity index is 250. The molecule has 0 spiro atoms. The zero-order chi connectivity index (χ0) is 9.90. The fourth-order valence-electron chi connectivity index (χ4n) is 1.34. The maximum absolute atomic E-state index is 11.2. The molecule has 78 valence electrons. The van der Waals surface area contributed by atoms with Crippen LogP contribution in [0.4, 0.5) is 0 Å². The fraction of sp³-hybridized carbons (Fsp3) is 1.00. The second-order valence-corrected chi connectivity index (χ2v) is 5.15. The number of nitrogens with one attached hydrogen (secondary N) is 1. The SMILES string of the molecule is CNCC1CN(S(C)(=O)=O)CCO1. The van der Waals surface area contributed by atoms with Crippen LogP contribution in [0.1, 0.15) is 0 Å². The van der Waals surface area contributed by atoms with Crippen LogP contribution in [0, 0.1) is 0 Å². The van der Waals surface area contributed by atoms with Crippen LogP contribution >= 0.6 is 0 Å². The summed E-state index contributed by atoms with van der Waals surface area (Å²) < 4.78 is 29.2. The summed E-state index contributed by atoms with van der Waals surface area (Å²) in [5.41, 5.74) is 0. The van der Waals surface area contributed by atoms with Crippen LogP contribution in [0.15, 0.2) is 0 Å². The molecule has 1 N–H and O–H groups in total. The first-order valence-electron chi connectivity index (χ1n) is 4.25. The van der Waals surface area contributed by atoms with E-state index >= 15 is 0 Å². The van der Waals surface area contributed by atoms with Crippen molar-refractivity contribution in [2.75, 3.05) is 39.5 Å². The van der Waals surface area contributed by atoms with Crippen LogP contribution in [0.25, 0.3) is 0 Å². The van der Waals surface area contributed by atoms with E-state index in [1.165, 1.54) is 10.6 Å². The maximum atomic E-state index is 11.2. The van der Waals surface area contributed by atoms with E-state index in [0.717, 1.165) is 0 Å². The van der Waals surface area contributed by atoms with E-state index in [2.05, 4.69) is 5.32 Å². The summed E-state index contributed by atoms with van der Waals surface area (Å²) in [4.78, 5) is 0. The third-order valence-corrected chi connectivity index (χ3v) is 3.27. The zero-order valence-corrected chi connectivity index (χ0v) is 8.80. The zero-order valence-electron chi connectivity index (χ0n) is 7.99. The number of rotatable bonds is 3. The maximum Gasteiger partial charge on any atom is 0.211 e. The Hall–Kier alpha value is -0.170. The van der Waals surface area contributed by atoms with Crippen molar-refractivity contribution in [1.29, 1.82) is 0 Å². The third-order valence-electron chi connectivity index (χ3n) is 2.00. The number of hydrogen-bond donors (Lipinski definition) is 1. The van der Waals surface area contributed by atoms with Crippen molar-refractivity contribution < 1.29 is 13.2 Å². The molecule has 1 heterocycles. The van der Waals surface area contributed by atoms with E-state index < -0.39 is 10.0 Å². The van der Waals surface area contributed by atoms with Crippen LogP contribution < -0.4 is 5.32 Å². The van der Waals surface area contributed by atoms with E-state index in [4.69, 9.17) is 4.74 Å². The Morgan fingerprint density at radius 3 is 2.85 bits per heavy atom. The summed E-state index contributed by atoms with van der Waals surface area (Å²) in [5.74, 6) is 0. The highest BCUT2D eigenvalue weighted by atomic mass is 32.2. The normalized spacial score (nSPS) is 26.2. The number of nitrogens with zero attached hydrogens (tertiary/aromatic N) is 1. The van der Waals surface area contributed by atoms with Gasteiger partial charge in [0.15, 0.2) is 0 Å². The molecule has 5 nitrogen and oxygen atoms in total. The van der Waals surface area contributed by atoms with Crippen LogP contribution in [0.3, 0.4) is 0 Å². The monoisotopic (exact) mass is 208 g/mol. The molecule has 0 saturated carbocycles. The smallest absolute Gasteiger partial charge is 0.211 e. The van der Waals surface area contributed by atoms with Crippen LogP contribution in [-0.2, 0) is 14.8 Å². The minimum Gasteiger partial charge on any atom is -0.374 e. The lowest BCUT2D eigenvalue weighted by Gasteiger charge is -2.30. The molecule has 1 fully saturated rings. The van der Waals surface area contributed by atoms with Gasteiger partial charge in [-0.15, -0.1) is 0 Å². The van der Waals surface area contributed by atoms with Gasteiger partial charge in [0, 0.05) is 19.6 Å². The molecule has 1 unspecified atom stereocenters. The van der Waals surface area contributed by atoms with Gasteiger partial charge in [0.25, 0.3) is 0 Å². The van der Waals surface area contributed by atoms with Crippen molar-refractivity contribution in [3.63, 3.8) is 0 Å². The van der Waals surface area contributed by atoms with Crippen molar-refractivity contribution in [1.82, 2.24) is 9.62 Å². The fourth-order valence-corrected chi connectivity index (χ4v) is 2.19. The molecule has 1 aliphatic rings. The molecule has 1 saturated heterocycles. The van der Waals surface area contributed by atoms with Crippen LogP contribution in [0.5, 0.6) is 0 Å². The standard InChI is InChI=1S/C7H16N2O3S/c1-8-5-7-6-9(3-4-12-7)13(2,10)11/h7-8H,3-6H2,1-2H3. The second kappa shape index (κ2) is 4.36. The molecule has 1 rings (SSSR count). The molecule has 6 heteroatoms. The van der Waals surface area contributed by atoms with Crippen molar-refractivity contribution in [2.24, 2.45) is 0 Å². The summed E-state index contributed by atoms with van der Waals surface area (Å²) in [6, 6.07) is 0. The third kappa shape index (κ3) is 3.22. The molecular formula is C7H16N2O3S. The Kier molecular flexibility index (Phi) is 3.66. The van der Waals surface area contributed by atoms with E-state index in [1.807, 2.05) is 7.05 Å². The quantitative estimate of drug-likeness (QED) is 0.637. The molecule has 0 aromatic carbocycles. The van der Waals surface area contributed by atoms with Crippen LogP contribution in [0.2, 0.25) is 0 Å². The van der Waals surface area contributed by atoms with E-state index in [1.54, 1.807) is 0 Å². The van der Waals surface area contributed by atoms with Gasteiger partial charge in [0.2, 0.25) is 10.0 Å². The topological polar surface area (TPSA) is 58.6 Å². The summed E-state index contributed by atoms with van der Waals surface area (Å²) in [7, 11) is -1.23. The molecule has 0 aromatic rings. The van der Waals surface area contributed by atoms with Gasteiger partial charge in [-0.3, -0.25) is 0 Å². The number of ether oxygens (including phenoxy) is 1. The number of hydrogen-bond acceptors (Lipinski definition) is 4. The van der Waals surface area contributed by atoms with Gasteiger partial charge >= 0.3 is 0 Å². The molecule has 0 aromatic heterocycles.